The van der Waals surface area contributed by atoms with Crippen molar-refractivity contribution in [2.24, 2.45) is 0 Å². The second kappa shape index (κ2) is 8.37. The standard InChI is InChI=1S/C14H21NO4/c1-4-17-10-14(16)15-12-9-11(18-5-2)7-8-13(12)19-6-3/h7-9H,4-6,10H2,1-3H3,(H,15,16). The maximum absolute atomic E-state index is 11.7. The lowest BCUT2D eigenvalue weighted by Gasteiger charge is -2.13. The van der Waals surface area contributed by atoms with Gasteiger partial charge in [0, 0.05) is 12.7 Å². The van der Waals surface area contributed by atoms with E-state index in [0.717, 1.165) is 0 Å². The molecule has 0 bridgehead atoms. The Morgan fingerprint density at radius 1 is 1.11 bits per heavy atom. The second-order valence-electron chi connectivity index (χ2n) is 3.71. The summed E-state index contributed by atoms with van der Waals surface area (Å²) >= 11 is 0. The molecule has 1 amide bonds. The Kier molecular flexibility index (Phi) is 6.74. The van der Waals surface area contributed by atoms with Crippen LogP contribution in [0.5, 0.6) is 11.5 Å². The van der Waals surface area contributed by atoms with Crippen LogP contribution in [0.25, 0.3) is 0 Å². The lowest BCUT2D eigenvalue weighted by atomic mass is 10.2. The topological polar surface area (TPSA) is 56.8 Å². The molecule has 0 aromatic heterocycles. The van der Waals surface area contributed by atoms with Crippen molar-refractivity contribution in [3.63, 3.8) is 0 Å². The van der Waals surface area contributed by atoms with Crippen LogP contribution in [-0.4, -0.2) is 32.3 Å². The van der Waals surface area contributed by atoms with Crippen molar-refractivity contribution in [3.8, 4) is 11.5 Å². The Morgan fingerprint density at radius 3 is 2.47 bits per heavy atom. The molecule has 5 nitrogen and oxygen atoms in total. The molecule has 0 saturated heterocycles. The van der Waals surface area contributed by atoms with Gasteiger partial charge in [-0.25, -0.2) is 0 Å². The Bertz CT molecular complexity index is 406. The van der Waals surface area contributed by atoms with E-state index in [1.54, 1.807) is 12.1 Å². The third-order valence-corrected chi connectivity index (χ3v) is 2.27. The summed E-state index contributed by atoms with van der Waals surface area (Å²) in [6.45, 7) is 7.27. The quantitative estimate of drug-likeness (QED) is 0.786. The van der Waals surface area contributed by atoms with Gasteiger partial charge in [-0.15, -0.1) is 0 Å². The largest absolute Gasteiger partial charge is 0.494 e. The van der Waals surface area contributed by atoms with Crippen LogP contribution in [-0.2, 0) is 9.53 Å². The average molecular weight is 267 g/mol. The van der Waals surface area contributed by atoms with Crippen molar-refractivity contribution >= 4 is 11.6 Å². The first-order valence-electron chi connectivity index (χ1n) is 6.48. The van der Waals surface area contributed by atoms with Crippen LogP contribution in [0.3, 0.4) is 0 Å². The third-order valence-electron chi connectivity index (χ3n) is 2.27. The number of rotatable bonds is 8. The Labute approximate surface area is 113 Å². The maximum atomic E-state index is 11.7. The highest BCUT2D eigenvalue weighted by molar-refractivity contribution is 5.93. The molecule has 0 fully saturated rings. The number of carbonyl (C=O) groups is 1. The van der Waals surface area contributed by atoms with Crippen LogP contribution in [0, 0.1) is 0 Å². The zero-order valence-corrected chi connectivity index (χ0v) is 11.7. The molecule has 0 unspecified atom stereocenters. The van der Waals surface area contributed by atoms with Gasteiger partial charge in [0.15, 0.2) is 0 Å². The lowest BCUT2D eigenvalue weighted by Crippen LogP contribution is -2.18. The van der Waals surface area contributed by atoms with Gasteiger partial charge in [-0.05, 0) is 32.9 Å². The van der Waals surface area contributed by atoms with E-state index in [9.17, 15) is 4.79 Å². The second-order valence-corrected chi connectivity index (χ2v) is 3.71. The molecular formula is C14H21NO4. The number of nitrogens with one attached hydrogen (secondary N) is 1. The van der Waals surface area contributed by atoms with Crippen LogP contribution in [0.1, 0.15) is 20.8 Å². The summed E-state index contributed by atoms with van der Waals surface area (Å²) in [4.78, 5) is 11.7. The number of hydrogen-bond acceptors (Lipinski definition) is 4. The first kappa shape index (κ1) is 15.3. The summed E-state index contributed by atoms with van der Waals surface area (Å²) in [5.41, 5.74) is 0.595. The van der Waals surface area contributed by atoms with Crippen molar-refractivity contribution in [2.45, 2.75) is 20.8 Å². The minimum Gasteiger partial charge on any atom is -0.494 e. The SMILES string of the molecule is CCOCC(=O)Nc1cc(OCC)ccc1OCC. The molecule has 0 aliphatic carbocycles. The van der Waals surface area contributed by atoms with Gasteiger partial charge in [0.1, 0.15) is 18.1 Å². The van der Waals surface area contributed by atoms with Gasteiger partial charge in [-0.3, -0.25) is 4.79 Å². The first-order chi connectivity index (χ1) is 9.21. The predicted octanol–water partition coefficient (Wildman–Crippen LogP) is 2.46. The van der Waals surface area contributed by atoms with Gasteiger partial charge in [-0.1, -0.05) is 0 Å². The Hall–Kier alpha value is -1.75. The van der Waals surface area contributed by atoms with Crippen LogP contribution < -0.4 is 14.8 Å². The number of anilines is 1. The summed E-state index contributed by atoms with van der Waals surface area (Å²) in [6, 6.07) is 5.34. The molecule has 1 rings (SSSR count). The van der Waals surface area contributed by atoms with Crippen LogP contribution >= 0.6 is 0 Å². The van der Waals surface area contributed by atoms with E-state index in [2.05, 4.69) is 5.32 Å². The molecule has 106 valence electrons. The molecule has 0 atom stereocenters. The highest BCUT2D eigenvalue weighted by Crippen LogP contribution is 2.29. The van der Waals surface area contributed by atoms with Crippen LogP contribution in [0.15, 0.2) is 18.2 Å². The molecule has 0 heterocycles. The van der Waals surface area contributed by atoms with Crippen molar-refractivity contribution in [3.05, 3.63) is 18.2 Å². The molecule has 0 aliphatic heterocycles. The number of benzene rings is 1. The van der Waals surface area contributed by atoms with Crippen molar-refractivity contribution < 1.29 is 19.0 Å². The first-order valence-corrected chi connectivity index (χ1v) is 6.48. The van der Waals surface area contributed by atoms with E-state index < -0.39 is 0 Å². The number of amides is 1. The fraction of sp³-hybridized carbons (Fsp3) is 0.500. The molecular weight excluding hydrogens is 246 g/mol. The lowest BCUT2D eigenvalue weighted by molar-refractivity contribution is -0.120. The fourth-order valence-corrected chi connectivity index (χ4v) is 1.53. The van der Waals surface area contributed by atoms with Gasteiger partial charge in [0.25, 0.3) is 0 Å². The third kappa shape index (κ3) is 5.18. The van der Waals surface area contributed by atoms with E-state index >= 15 is 0 Å². The van der Waals surface area contributed by atoms with Crippen LogP contribution in [0.4, 0.5) is 5.69 Å². The summed E-state index contributed by atoms with van der Waals surface area (Å²) < 4.78 is 15.9. The number of carbonyl (C=O) groups excluding carboxylic acids is 1. The van der Waals surface area contributed by atoms with Gasteiger partial charge in [-0.2, -0.15) is 0 Å². The molecule has 1 N–H and O–H groups in total. The minimum atomic E-state index is -0.212. The monoisotopic (exact) mass is 267 g/mol. The molecule has 1 aromatic rings. The molecule has 0 aliphatic rings. The van der Waals surface area contributed by atoms with Crippen molar-refractivity contribution in [2.75, 3.05) is 31.7 Å². The molecule has 0 spiro atoms. The smallest absolute Gasteiger partial charge is 0.250 e. The normalized spacial score (nSPS) is 10.1. The Morgan fingerprint density at radius 2 is 1.84 bits per heavy atom. The molecule has 5 heteroatoms. The average Bonchev–Trinajstić information content (AvgIpc) is 2.40. The van der Waals surface area contributed by atoms with E-state index in [1.807, 2.05) is 26.8 Å². The molecule has 19 heavy (non-hydrogen) atoms. The van der Waals surface area contributed by atoms with Gasteiger partial charge in [0.05, 0.1) is 18.9 Å². The van der Waals surface area contributed by atoms with E-state index in [1.165, 1.54) is 0 Å². The molecule has 1 aromatic carbocycles. The van der Waals surface area contributed by atoms with E-state index in [-0.39, 0.29) is 12.5 Å². The zero-order chi connectivity index (χ0) is 14.1. The fourth-order valence-electron chi connectivity index (χ4n) is 1.53. The highest BCUT2D eigenvalue weighted by atomic mass is 16.5. The van der Waals surface area contributed by atoms with Crippen LogP contribution in [0.2, 0.25) is 0 Å². The summed E-state index contributed by atoms with van der Waals surface area (Å²) in [6.07, 6.45) is 0. The van der Waals surface area contributed by atoms with Gasteiger partial charge >= 0.3 is 0 Å². The number of ether oxygens (including phenoxy) is 3. The highest BCUT2D eigenvalue weighted by Gasteiger charge is 2.09. The number of hydrogen-bond donors (Lipinski definition) is 1. The van der Waals surface area contributed by atoms with Crippen molar-refractivity contribution in [1.82, 2.24) is 0 Å². The van der Waals surface area contributed by atoms with E-state index in [0.29, 0.717) is 37.0 Å². The zero-order valence-electron chi connectivity index (χ0n) is 11.7. The summed E-state index contributed by atoms with van der Waals surface area (Å²) in [7, 11) is 0. The summed E-state index contributed by atoms with van der Waals surface area (Å²) in [5, 5.41) is 2.76. The maximum Gasteiger partial charge on any atom is 0.250 e. The van der Waals surface area contributed by atoms with Gasteiger partial charge < -0.3 is 19.5 Å². The molecule has 0 radical (unpaired) electrons. The summed E-state index contributed by atoms with van der Waals surface area (Å²) in [5.74, 6) is 1.10. The molecule has 0 saturated carbocycles. The Balaban J connectivity index is 2.80. The predicted molar refractivity (Wildman–Crippen MR) is 73.9 cm³/mol. The minimum absolute atomic E-state index is 0.0287. The van der Waals surface area contributed by atoms with E-state index in [4.69, 9.17) is 14.2 Å². The van der Waals surface area contributed by atoms with Crippen molar-refractivity contribution in [1.29, 1.82) is 0 Å². The van der Waals surface area contributed by atoms with Gasteiger partial charge in [0.2, 0.25) is 5.91 Å².